The van der Waals surface area contributed by atoms with E-state index in [0.29, 0.717) is 10.6 Å². The van der Waals surface area contributed by atoms with Crippen molar-refractivity contribution in [2.45, 2.75) is 38.6 Å². The van der Waals surface area contributed by atoms with Gasteiger partial charge in [0.2, 0.25) is 0 Å². The summed E-state index contributed by atoms with van der Waals surface area (Å²) in [5.74, 6) is 0.584. The van der Waals surface area contributed by atoms with E-state index in [9.17, 15) is 4.39 Å². The Labute approximate surface area is 179 Å². The van der Waals surface area contributed by atoms with E-state index in [4.69, 9.17) is 11.6 Å². The van der Waals surface area contributed by atoms with Gasteiger partial charge in [0.25, 0.3) is 0 Å². The highest BCUT2D eigenvalue weighted by atomic mass is 127. The molecule has 2 aromatic rings. The Morgan fingerprint density at radius 1 is 1.42 bits per heavy atom. The second kappa shape index (κ2) is 9.32. The molecule has 1 saturated carbocycles. The lowest BCUT2D eigenvalue weighted by atomic mass is 10.1. The minimum absolute atomic E-state index is 0. The monoisotopic (exact) mass is 508 g/mol. The summed E-state index contributed by atoms with van der Waals surface area (Å²) < 4.78 is 14.0. The van der Waals surface area contributed by atoms with Crippen LogP contribution in [-0.2, 0) is 6.42 Å². The number of halogens is 3. The zero-order valence-electron chi connectivity index (χ0n) is 15.0. The quantitative estimate of drug-likeness (QED) is 0.357. The van der Waals surface area contributed by atoms with Crippen molar-refractivity contribution in [1.29, 1.82) is 0 Å². The molecule has 0 radical (unpaired) electrons. The van der Waals surface area contributed by atoms with Crippen LogP contribution >= 0.6 is 46.9 Å². The molecule has 1 aromatic carbocycles. The number of nitrogens with zero attached hydrogens (tertiary/aromatic N) is 2. The van der Waals surface area contributed by atoms with Gasteiger partial charge in [0.1, 0.15) is 5.82 Å². The summed E-state index contributed by atoms with van der Waals surface area (Å²) in [6, 6.07) is 4.99. The van der Waals surface area contributed by atoms with Gasteiger partial charge in [-0.2, -0.15) is 0 Å². The third-order valence-corrected chi connectivity index (χ3v) is 5.87. The van der Waals surface area contributed by atoms with Gasteiger partial charge in [-0.25, -0.2) is 9.37 Å². The molecule has 0 spiro atoms. The molecule has 1 aliphatic rings. The lowest BCUT2D eigenvalue weighted by Gasteiger charge is -2.12. The van der Waals surface area contributed by atoms with E-state index in [2.05, 4.69) is 27.5 Å². The average molecular weight is 509 g/mol. The fourth-order valence-electron chi connectivity index (χ4n) is 2.84. The first-order valence-electron chi connectivity index (χ1n) is 8.33. The van der Waals surface area contributed by atoms with E-state index in [-0.39, 0.29) is 41.8 Å². The highest BCUT2D eigenvalue weighted by Gasteiger charge is 2.41. The van der Waals surface area contributed by atoms with Crippen LogP contribution in [0.3, 0.4) is 0 Å². The van der Waals surface area contributed by atoms with Crippen LogP contribution in [0.25, 0.3) is 0 Å². The molecule has 1 heterocycles. The van der Waals surface area contributed by atoms with Crippen molar-refractivity contribution in [3.05, 3.63) is 50.2 Å². The van der Waals surface area contributed by atoms with Gasteiger partial charge in [0.05, 0.1) is 10.7 Å². The third kappa shape index (κ3) is 5.07. The summed E-state index contributed by atoms with van der Waals surface area (Å²) in [6.45, 7) is 4.87. The Morgan fingerprint density at radius 3 is 2.81 bits per heavy atom. The van der Waals surface area contributed by atoms with Gasteiger partial charge >= 0.3 is 0 Å². The Hall–Kier alpha value is -0.930. The molecule has 0 aliphatic heterocycles. The van der Waals surface area contributed by atoms with E-state index >= 15 is 0 Å². The van der Waals surface area contributed by atoms with Gasteiger partial charge in [0, 0.05) is 47.4 Å². The Morgan fingerprint density at radius 2 is 2.19 bits per heavy atom. The van der Waals surface area contributed by atoms with Gasteiger partial charge in [0.15, 0.2) is 5.96 Å². The lowest BCUT2D eigenvalue weighted by molar-refractivity contribution is 0.608. The van der Waals surface area contributed by atoms with Gasteiger partial charge in [-0.05, 0) is 32.4 Å². The van der Waals surface area contributed by atoms with Crippen molar-refractivity contribution in [2.24, 2.45) is 4.99 Å². The predicted octanol–water partition coefficient (Wildman–Crippen LogP) is 4.43. The maximum absolute atomic E-state index is 14.0. The van der Waals surface area contributed by atoms with Crippen molar-refractivity contribution in [3.8, 4) is 0 Å². The Bertz CT molecular complexity index is 756. The highest BCUT2D eigenvalue weighted by molar-refractivity contribution is 14.0. The minimum atomic E-state index is -0.237. The number of hydrogen-bond acceptors (Lipinski definition) is 3. The van der Waals surface area contributed by atoms with Crippen LogP contribution in [0.2, 0.25) is 5.02 Å². The van der Waals surface area contributed by atoms with Crippen molar-refractivity contribution >= 4 is 52.9 Å². The van der Waals surface area contributed by atoms with Crippen LogP contribution in [0.4, 0.5) is 4.39 Å². The maximum Gasteiger partial charge on any atom is 0.191 e. The first-order valence-corrected chi connectivity index (χ1v) is 9.53. The second-order valence-electron chi connectivity index (χ2n) is 6.23. The topological polar surface area (TPSA) is 49.3 Å². The summed E-state index contributed by atoms with van der Waals surface area (Å²) in [5.41, 5.74) is 1.70. The number of benzene rings is 1. The molecule has 2 unspecified atom stereocenters. The van der Waals surface area contributed by atoms with E-state index < -0.39 is 0 Å². The molecule has 142 valence electrons. The summed E-state index contributed by atoms with van der Waals surface area (Å²) in [5, 5.41) is 8.26. The van der Waals surface area contributed by atoms with Crippen molar-refractivity contribution in [1.82, 2.24) is 15.6 Å². The summed E-state index contributed by atoms with van der Waals surface area (Å²) in [6.07, 6.45) is 1.71. The maximum atomic E-state index is 14.0. The van der Waals surface area contributed by atoms with Gasteiger partial charge < -0.3 is 10.6 Å². The molecule has 1 aliphatic carbocycles. The fourth-order valence-corrected chi connectivity index (χ4v) is 4.08. The van der Waals surface area contributed by atoms with Gasteiger partial charge in [-0.1, -0.05) is 17.7 Å². The molecule has 8 heteroatoms. The third-order valence-electron chi connectivity index (χ3n) is 4.41. The molecule has 0 saturated heterocycles. The molecule has 0 bridgehead atoms. The number of aliphatic imine (C=N–C) groups is 1. The Kier molecular flexibility index (Phi) is 7.66. The summed E-state index contributed by atoms with van der Waals surface area (Å²) in [4.78, 5) is 10.0. The predicted molar refractivity (Wildman–Crippen MR) is 118 cm³/mol. The molecular formula is C18H23ClFIN4S. The molecule has 0 amide bonds. The van der Waals surface area contributed by atoms with Crippen LogP contribution in [0, 0.1) is 19.7 Å². The van der Waals surface area contributed by atoms with Gasteiger partial charge in [-0.15, -0.1) is 35.3 Å². The first-order chi connectivity index (χ1) is 12.0. The van der Waals surface area contributed by atoms with Crippen LogP contribution in [-0.4, -0.2) is 30.6 Å². The number of nitrogens with one attached hydrogen (secondary N) is 2. The number of aromatic nitrogens is 1. The molecule has 2 N–H and O–H groups in total. The summed E-state index contributed by atoms with van der Waals surface area (Å²) in [7, 11) is 1.74. The lowest BCUT2D eigenvalue weighted by Crippen LogP contribution is -2.40. The van der Waals surface area contributed by atoms with Crippen LogP contribution in [0.5, 0.6) is 0 Å². The smallest absolute Gasteiger partial charge is 0.191 e. The number of hydrogen-bond donors (Lipinski definition) is 2. The zero-order chi connectivity index (χ0) is 18.0. The van der Waals surface area contributed by atoms with E-state index in [1.165, 1.54) is 10.9 Å². The number of thiazole rings is 1. The molecule has 2 atom stereocenters. The van der Waals surface area contributed by atoms with E-state index in [1.807, 2.05) is 6.92 Å². The molecule has 26 heavy (non-hydrogen) atoms. The van der Waals surface area contributed by atoms with Crippen LogP contribution in [0.1, 0.15) is 33.5 Å². The van der Waals surface area contributed by atoms with Crippen LogP contribution < -0.4 is 10.6 Å². The molecule has 4 nitrogen and oxygen atoms in total. The largest absolute Gasteiger partial charge is 0.356 e. The first kappa shape index (κ1) is 21.4. The van der Waals surface area contributed by atoms with E-state index in [0.717, 1.165) is 36.0 Å². The molecule has 3 rings (SSSR count). The van der Waals surface area contributed by atoms with E-state index in [1.54, 1.807) is 30.5 Å². The number of guanidine groups is 1. The number of aryl methyl sites for hydroxylation is 2. The SMILES string of the molecule is CN=C(NCCc1nc(C)c(C)s1)NC1CC1c1c(F)cccc1Cl.I. The van der Waals surface area contributed by atoms with Gasteiger partial charge in [-0.3, -0.25) is 4.99 Å². The minimum Gasteiger partial charge on any atom is -0.356 e. The standard InChI is InChI=1S/C18H22ClFN4S.HI/c1-10-11(2)25-16(23-10)7-8-22-18(21-3)24-15-9-12(15)17-13(19)5-4-6-14(17)20;/h4-6,12,15H,7-9H2,1-3H3,(H2,21,22,24);1H. The normalized spacial score (nSPS) is 19.0. The molecular weight excluding hydrogens is 486 g/mol. The Balaban J connectivity index is 0.00000243. The molecule has 1 fully saturated rings. The molecule has 1 aromatic heterocycles. The zero-order valence-corrected chi connectivity index (χ0v) is 18.9. The second-order valence-corrected chi connectivity index (χ2v) is 7.92. The highest BCUT2D eigenvalue weighted by Crippen LogP contribution is 2.44. The average Bonchev–Trinajstić information content (AvgIpc) is 3.23. The van der Waals surface area contributed by atoms with Crippen LogP contribution in [0.15, 0.2) is 23.2 Å². The fraction of sp³-hybridized carbons (Fsp3) is 0.444. The van der Waals surface area contributed by atoms with Crippen molar-refractivity contribution in [2.75, 3.05) is 13.6 Å². The summed E-state index contributed by atoms with van der Waals surface area (Å²) >= 11 is 7.88. The van der Waals surface area contributed by atoms with Crippen molar-refractivity contribution < 1.29 is 4.39 Å². The number of rotatable bonds is 5. The van der Waals surface area contributed by atoms with Crippen molar-refractivity contribution in [3.63, 3.8) is 0 Å².